The third-order valence-electron chi connectivity index (χ3n) is 5.63. The molecule has 1 saturated heterocycles. The summed E-state index contributed by atoms with van der Waals surface area (Å²) in [5.74, 6) is 0. The van der Waals surface area contributed by atoms with Gasteiger partial charge in [-0.3, -0.25) is 4.68 Å². The van der Waals surface area contributed by atoms with Gasteiger partial charge in [0, 0.05) is 48.1 Å². The Labute approximate surface area is 170 Å². The van der Waals surface area contributed by atoms with Gasteiger partial charge in [-0.05, 0) is 42.8 Å². The molecule has 0 aliphatic carbocycles. The highest BCUT2D eigenvalue weighted by Gasteiger charge is 2.24. The Bertz CT molecular complexity index is 1040. The zero-order chi connectivity index (χ0) is 19.1. The molecule has 4 nitrogen and oxygen atoms in total. The first-order chi connectivity index (χ1) is 13.7. The largest absolute Gasteiger partial charge is 0.370 e. The predicted molar refractivity (Wildman–Crippen MR) is 116 cm³/mol. The first-order valence-electron chi connectivity index (χ1n) is 9.77. The molecule has 0 spiro atoms. The van der Waals surface area contributed by atoms with Crippen molar-refractivity contribution < 1.29 is 0 Å². The van der Waals surface area contributed by atoms with Crippen LogP contribution in [0.2, 0.25) is 5.02 Å². The lowest BCUT2D eigenvalue weighted by molar-refractivity contribution is 0.309. The molecule has 0 bridgehead atoms. The smallest absolute Gasteiger partial charge is 0.0815 e. The Morgan fingerprint density at radius 2 is 1.68 bits per heavy atom. The van der Waals surface area contributed by atoms with Gasteiger partial charge in [0.2, 0.25) is 0 Å². The average Bonchev–Trinajstić information content (AvgIpc) is 3.26. The topological polar surface area (TPSA) is 24.3 Å². The van der Waals surface area contributed by atoms with Crippen molar-refractivity contribution in [3.8, 4) is 11.1 Å². The highest BCUT2D eigenvalue weighted by molar-refractivity contribution is 6.30. The molecule has 0 radical (unpaired) electrons. The van der Waals surface area contributed by atoms with E-state index in [-0.39, 0.29) is 0 Å². The van der Waals surface area contributed by atoms with E-state index in [1.54, 1.807) is 0 Å². The number of piperazine rings is 1. The molecular formula is C23H23ClN4. The lowest BCUT2D eigenvalue weighted by Gasteiger charge is -2.38. The lowest BCUT2D eigenvalue weighted by Crippen LogP contribution is -2.46. The van der Waals surface area contributed by atoms with Gasteiger partial charge in [-0.1, -0.05) is 41.9 Å². The van der Waals surface area contributed by atoms with Crippen molar-refractivity contribution >= 4 is 23.4 Å². The number of aromatic nitrogens is 2. The Balaban J connectivity index is 1.33. The molecule has 5 heteroatoms. The maximum atomic E-state index is 6.23. The van der Waals surface area contributed by atoms with E-state index in [2.05, 4.69) is 69.0 Å². The molecule has 1 aromatic heterocycles. The fraction of sp³-hybridized carbons (Fsp3) is 0.261. The molecular weight excluding hydrogens is 368 g/mol. The molecule has 3 heterocycles. The minimum absolute atomic E-state index is 0.776. The molecule has 0 N–H and O–H groups in total. The number of rotatable bonds is 3. The van der Waals surface area contributed by atoms with E-state index < -0.39 is 0 Å². The Hall–Kier alpha value is -2.72. The number of para-hydroxylation sites is 1. The highest BCUT2D eigenvalue weighted by atomic mass is 35.5. The van der Waals surface area contributed by atoms with Crippen LogP contribution in [0.5, 0.6) is 0 Å². The van der Waals surface area contributed by atoms with E-state index in [0.29, 0.717) is 0 Å². The predicted octanol–water partition coefficient (Wildman–Crippen LogP) is 4.69. The summed E-state index contributed by atoms with van der Waals surface area (Å²) in [7, 11) is 0. The van der Waals surface area contributed by atoms with Gasteiger partial charge in [0.25, 0.3) is 0 Å². The van der Waals surface area contributed by atoms with Gasteiger partial charge in [0.05, 0.1) is 17.9 Å². The van der Waals surface area contributed by atoms with E-state index in [9.17, 15) is 0 Å². The molecule has 0 unspecified atom stereocenters. The number of benzene rings is 2. The Morgan fingerprint density at radius 3 is 2.46 bits per heavy atom. The van der Waals surface area contributed by atoms with Crippen molar-refractivity contribution in [2.75, 3.05) is 31.1 Å². The quantitative estimate of drug-likeness (QED) is 0.648. The summed E-state index contributed by atoms with van der Waals surface area (Å²) >= 11 is 6.23. The summed E-state index contributed by atoms with van der Waals surface area (Å²) in [4.78, 5) is 4.99. The lowest BCUT2D eigenvalue weighted by atomic mass is 10.0. The van der Waals surface area contributed by atoms with Crippen molar-refractivity contribution in [1.29, 1.82) is 0 Å². The fourth-order valence-electron chi connectivity index (χ4n) is 4.25. The van der Waals surface area contributed by atoms with Crippen molar-refractivity contribution in [1.82, 2.24) is 14.7 Å². The van der Waals surface area contributed by atoms with Crippen LogP contribution in [0, 0.1) is 6.92 Å². The maximum absolute atomic E-state index is 6.23. The second-order valence-electron chi connectivity index (χ2n) is 7.51. The van der Waals surface area contributed by atoms with Crippen molar-refractivity contribution in [2.24, 2.45) is 0 Å². The molecule has 0 saturated carbocycles. The first kappa shape index (κ1) is 17.4. The van der Waals surface area contributed by atoms with Crippen molar-refractivity contribution in [2.45, 2.75) is 13.5 Å². The number of fused-ring (bicyclic) bond motifs is 1. The van der Waals surface area contributed by atoms with Gasteiger partial charge in [0.1, 0.15) is 0 Å². The second kappa shape index (κ2) is 7.02. The second-order valence-corrected chi connectivity index (χ2v) is 7.94. The summed E-state index contributed by atoms with van der Waals surface area (Å²) in [6.45, 7) is 7.02. The van der Waals surface area contributed by atoms with Gasteiger partial charge in [-0.15, -0.1) is 0 Å². The van der Waals surface area contributed by atoms with Gasteiger partial charge in [0.15, 0.2) is 0 Å². The van der Waals surface area contributed by atoms with Crippen LogP contribution in [-0.2, 0) is 6.54 Å². The van der Waals surface area contributed by atoms with Gasteiger partial charge < -0.3 is 9.80 Å². The van der Waals surface area contributed by atoms with Crippen LogP contribution < -0.4 is 4.90 Å². The number of hydrogen-bond donors (Lipinski definition) is 0. The van der Waals surface area contributed by atoms with Crippen LogP contribution in [-0.4, -0.2) is 40.9 Å². The summed E-state index contributed by atoms with van der Waals surface area (Å²) in [6, 6.07) is 18.9. The molecule has 2 aliphatic rings. The maximum Gasteiger partial charge on any atom is 0.0815 e. The SMILES string of the molecule is Cc1cc2n(n1)CC(N1CCN(c3ccccc3-c3cccc(Cl)c3)CC1)=C2. The van der Waals surface area contributed by atoms with Crippen LogP contribution in [0.1, 0.15) is 11.4 Å². The van der Waals surface area contributed by atoms with E-state index in [0.717, 1.165) is 43.4 Å². The van der Waals surface area contributed by atoms with Crippen LogP contribution in [0.3, 0.4) is 0 Å². The van der Waals surface area contributed by atoms with E-state index in [4.69, 9.17) is 11.6 Å². The van der Waals surface area contributed by atoms with Crippen LogP contribution in [0.15, 0.2) is 60.3 Å². The third-order valence-corrected chi connectivity index (χ3v) is 5.86. The number of nitrogens with zero attached hydrogens (tertiary/aromatic N) is 4. The van der Waals surface area contributed by atoms with Gasteiger partial charge in [-0.25, -0.2) is 0 Å². The molecule has 3 aromatic rings. The number of anilines is 1. The van der Waals surface area contributed by atoms with Crippen molar-refractivity contribution in [3.63, 3.8) is 0 Å². The zero-order valence-electron chi connectivity index (χ0n) is 16.0. The fourth-order valence-corrected chi connectivity index (χ4v) is 4.44. The number of halogens is 1. The number of aryl methyl sites for hydroxylation is 1. The third kappa shape index (κ3) is 3.18. The zero-order valence-corrected chi connectivity index (χ0v) is 16.7. The minimum Gasteiger partial charge on any atom is -0.370 e. The molecule has 2 aliphatic heterocycles. The summed E-state index contributed by atoms with van der Waals surface area (Å²) in [5, 5.41) is 5.34. The van der Waals surface area contributed by atoms with Crippen LogP contribution in [0.25, 0.3) is 17.2 Å². The Kier molecular flexibility index (Phi) is 4.36. The molecule has 142 valence electrons. The Morgan fingerprint density at radius 1 is 0.893 bits per heavy atom. The van der Waals surface area contributed by atoms with E-state index >= 15 is 0 Å². The summed E-state index contributed by atoms with van der Waals surface area (Å²) in [6.07, 6.45) is 2.29. The summed E-state index contributed by atoms with van der Waals surface area (Å²) < 4.78 is 2.10. The molecule has 2 aromatic carbocycles. The molecule has 0 atom stereocenters. The standard InChI is InChI=1S/C23H23ClN4/c1-17-13-20-15-21(16-28(20)25-17)26-9-11-27(12-10-26)23-8-3-2-7-22(23)18-5-4-6-19(24)14-18/h2-8,13-15H,9-12,16H2,1H3. The van der Waals surface area contributed by atoms with Crippen molar-refractivity contribution in [3.05, 3.63) is 76.7 Å². The number of allylic oxidation sites excluding steroid dienone is 1. The average molecular weight is 391 g/mol. The monoisotopic (exact) mass is 390 g/mol. The minimum atomic E-state index is 0.776. The summed E-state index contributed by atoms with van der Waals surface area (Å²) in [5.41, 5.74) is 7.39. The van der Waals surface area contributed by atoms with Crippen LogP contribution in [0.4, 0.5) is 5.69 Å². The molecule has 0 amide bonds. The molecule has 28 heavy (non-hydrogen) atoms. The van der Waals surface area contributed by atoms with Gasteiger partial charge in [-0.2, -0.15) is 5.10 Å². The van der Waals surface area contributed by atoms with Gasteiger partial charge >= 0.3 is 0 Å². The number of hydrogen-bond acceptors (Lipinski definition) is 3. The molecule has 1 fully saturated rings. The highest BCUT2D eigenvalue weighted by Crippen LogP contribution is 2.33. The molecule has 5 rings (SSSR count). The van der Waals surface area contributed by atoms with E-state index in [1.165, 1.54) is 28.2 Å². The van der Waals surface area contributed by atoms with Crippen LogP contribution >= 0.6 is 11.6 Å². The first-order valence-corrected chi connectivity index (χ1v) is 10.1. The normalized spacial score (nSPS) is 16.3. The van der Waals surface area contributed by atoms with E-state index in [1.807, 2.05) is 18.2 Å².